The first-order chi connectivity index (χ1) is 10.9. The third-order valence-electron chi connectivity index (χ3n) is 2.78. The molecule has 23 heavy (non-hydrogen) atoms. The largest absolute Gasteiger partial charge is 0.444 e. The third kappa shape index (κ3) is 3.88. The van der Waals surface area contributed by atoms with Gasteiger partial charge in [0.25, 0.3) is 0 Å². The maximum atomic E-state index is 12.6. The fourth-order valence-electron chi connectivity index (χ4n) is 1.72. The van der Waals surface area contributed by atoms with Gasteiger partial charge in [-0.25, -0.2) is 9.97 Å². The first-order valence-electron chi connectivity index (χ1n) is 6.27. The lowest BCUT2D eigenvalue weighted by Crippen LogP contribution is -2.05. The van der Waals surface area contributed by atoms with Crippen LogP contribution >= 0.6 is 34.7 Å². The molecule has 3 heterocycles. The van der Waals surface area contributed by atoms with Crippen LogP contribution in [0.25, 0.3) is 10.8 Å². The highest BCUT2D eigenvalue weighted by Gasteiger charge is 2.31. The second-order valence-corrected chi connectivity index (χ2v) is 6.74. The molecule has 3 rings (SSSR count). The minimum atomic E-state index is -4.46. The zero-order chi connectivity index (χ0) is 16.4. The van der Waals surface area contributed by atoms with Crippen molar-refractivity contribution < 1.29 is 17.6 Å². The first-order valence-corrected chi connectivity index (χ1v) is 8.51. The Morgan fingerprint density at radius 2 is 2.17 bits per heavy atom. The second-order valence-electron chi connectivity index (χ2n) is 4.42. The van der Waals surface area contributed by atoms with E-state index in [9.17, 15) is 13.2 Å². The van der Waals surface area contributed by atoms with Crippen molar-refractivity contribution in [1.29, 1.82) is 0 Å². The van der Waals surface area contributed by atoms with Crippen LogP contribution in [0.4, 0.5) is 13.2 Å². The van der Waals surface area contributed by atoms with Crippen molar-refractivity contribution in [3.8, 4) is 10.8 Å². The summed E-state index contributed by atoms with van der Waals surface area (Å²) >= 11 is 8.57. The maximum Gasteiger partial charge on any atom is 0.417 e. The molecule has 9 heteroatoms. The number of pyridine rings is 1. The van der Waals surface area contributed by atoms with Crippen LogP contribution in [0.2, 0.25) is 5.02 Å². The summed E-state index contributed by atoms with van der Waals surface area (Å²) in [6.07, 6.45) is -2.17. The van der Waals surface area contributed by atoms with Gasteiger partial charge in [-0.3, -0.25) is 0 Å². The molecule has 0 fully saturated rings. The Hall–Kier alpha value is -1.51. The van der Waals surface area contributed by atoms with Crippen LogP contribution in [0.1, 0.15) is 11.3 Å². The number of thiophene rings is 1. The molecule has 0 bridgehead atoms. The molecule has 0 aliphatic rings. The van der Waals surface area contributed by atoms with E-state index >= 15 is 0 Å². The quantitative estimate of drug-likeness (QED) is 0.542. The van der Waals surface area contributed by atoms with Crippen molar-refractivity contribution in [2.75, 3.05) is 0 Å². The van der Waals surface area contributed by atoms with E-state index in [0.717, 1.165) is 17.1 Å². The molecule has 0 aromatic carbocycles. The molecule has 0 aliphatic heterocycles. The van der Waals surface area contributed by atoms with Crippen molar-refractivity contribution in [3.05, 3.63) is 52.3 Å². The Bertz CT molecular complexity index is 803. The van der Waals surface area contributed by atoms with Crippen molar-refractivity contribution >= 4 is 34.7 Å². The van der Waals surface area contributed by atoms with Gasteiger partial charge in [0.15, 0.2) is 0 Å². The van der Waals surface area contributed by atoms with E-state index in [1.807, 2.05) is 17.5 Å². The molecule has 0 radical (unpaired) electrons. The smallest absolute Gasteiger partial charge is 0.417 e. The van der Waals surface area contributed by atoms with E-state index in [1.54, 1.807) is 0 Å². The van der Waals surface area contributed by atoms with Gasteiger partial charge in [0.1, 0.15) is 11.3 Å². The Morgan fingerprint density at radius 1 is 1.35 bits per heavy atom. The van der Waals surface area contributed by atoms with Gasteiger partial charge < -0.3 is 4.42 Å². The number of thioether (sulfide) groups is 1. The summed E-state index contributed by atoms with van der Waals surface area (Å²) in [6.45, 7) is 0. The van der Waals surface area contributed by atoms with Gasteiger partial charge in [-0.2, -0.15) is 13.2 Å². The highest BCUT2D eigenvalue weighted by molar-refractivity contribution is 7.98. The van der Waals surface area contributed by atoms with Crippen LogP contribution in [0.15, 0.2) is 45.5 Å². The normalized spacial score (nSPS) is 11.8. The van der Waals surface area contributed by atoms with Crippen LogP contribution in [-0.2, 0) is 11.9 Å². The fourth-order valence-corrected chi connectivity index (χ4v) is 3.44. The van der Waals surface area contributed by atoms with E-state index in [1.165, 1.54) is 29.4 Å². The van der Waals surface area contributed by atoms with Crippen LogP contribution in [0.3, 0.4) is 0 Å². The lowest BCUT2D eigenvalue weighted by atomic mass is 10.3. The van der Waals surface area contributed by atoms with E-state index in [2.05, 4.69) is 9.97 Å². The molecule has 120 valence electrons. The van der Waals surface area contributed by atoms with Crippen molar-refractivity contribution in [1.82, 2.24) is 9.97 Å². The molecule has 0 saturated carbocycles. The van der Waals surface area contributed by atoms with Crippen molar-refractivity contribution in [3.63, 3.8) is 0 Å². The van der Waals surface area contributed by atoms with Crippen molar-refractivity contribution in [2.45, 2.75) is 17.0 Å². The minimum absolute atomic E-state index is 0.0354. The molecule has 0 aliphatic carbocycles. The number of hydrogen-bond acceptors (Lipinski definition) is 5. The predicted octanol–water partition coefficient (Wildman–Crippen LogP) is 5.76. The van der Waals surface area contributed by atoms with Crippen LogP contribution in [0, 0.1) is 0 Å². The lowest BCUT2D eigenvalue weighted by molar-refractivity contribution is -0.137. The van der Waals surface area contributed by atoms with Gasteiger partial charge in [-0.15, -0.1) is 11.3 Å². The van der Waals surface area contributed by atoms with Crippen molar-refractivity contribution in [2.24, 2.45) is 0 Å². The summed E-state index contributed by atoms with van der Waals surface area (Å²) < 4.78 is 43.1. The van der Waals surface area contributed by atoms with Gasteiger partial charge in [-0.05, 0) is 17.5 Å². The van der Waals surface area contributed by atoms with Gasteiger partial charge in [-0.1, -0.05) is 29.4 Å². The van der Waals surface area contributed by atoms with Gasteiger partial charge in [0.05, 0.1) is 21.2 Å². The number of rotatable bonds is 4. The van der Waals surface area contributed by atoms with Gasteiger partial charge in [0, 0.05) is 11.9 Å². The van der Waals surface area contributed by atoms with E-state index in [4.69, 9.17) is 16.0 Å². The van der Waals surface area contributed by atoms with E-state index < -0.39 is 11.7 Å². The number of hydrogen-bond donors (Lipinski definition) is 0. The maximum absolute atomic E-state index is 12.6. The summed E-state index contributed by atoms with van der Waals surface area (Å²) in [6, 6.07) is 4.66. The highest BCUT2D eigenvalue weighted by atomic mass is 35.5. The zero-order valence-corrected chi connectivity index (χ0v) is 13.7. The molecule has 0 amide bonds. The van der Waals surface area contributed by atoms with E-state index in [-0.39, 0.29) is 5.02 Å². The molecule has 0 atom stereocenters. The topological polar surface area (TPSA) is 38.9 Å². The average Bonchev–Trinajstić information content (AvgIpc) is 3.16. The van der Waals surface area contributed by atoms with Gasteiger partial charge >= 0.3 is 6.18 Å². The molecular weight excluding hydrogens is 369 g/mol. The fraction of sp³-hybridized carbons (Fsp3) is 0.143. The van der Waals surface area contributed by atoms with Crippen LogP contribution in [-0.4, -0.2) is 9.97 Å². The summed E-state index contributed by atoms with van der Waals surface area (Å²) in [4.78, 5) is 9.01. The molecule has 3 nitrogen and oxygen atoms in total. The lowest BCUT2D eigenvalue weighted by Gasteiger charge is -2.08. The standard InChI is InChI=1S/C14H8ClF3N2OS2/c15-10-4-8(14(16,17)18)5-19-13(10)23-7-9-6-21-12(20-9)11-2-1-3-22-11/h1-6H,7H2. The molecular formula is C14H8ClF3N2OS2. The van der Waals surface area contributed by atoms with E-state index in [0.29, 0.717) is 22.4 Å². The summed E-state index contributed by atoms with van der Waals surface area (Å²) in [5.41, 5.74) is -0.204. The number of halogens is 4. The van der Waals surface area contributed by atoms with Gasteiger partial charge in [0.2, 0.25) is 5.89 Å². The SMILES string of the molecule is FC(F)(F)c1cnc(SCc2coc(-c3cccs3)n2)c(Cl)c1. The zero-order valence-electron chi connectivity index (χ0n) is 11.3. The Labute approximate surface area is 142 Å². The summed E-state index contributed by atoms with van der Waals surface area (Å²) in [7, 11) is 0. The Kier molecular flexibility index (Phi) is 4.65. The number of alkyl halides is 3. The summed E-state index contributed by atoms with van der Waals surface area (Å²) in [5, 5.41) is 2.20. The highest BCUT2D eigenvalue weighted by Crippen LogP contribution is 2.34. The van der Waals surface area contributed by atoms with Crippen LogP contribution < -0.4 is 0 Å². The third-order valence-corrected chi connectivity index (χ3v) is 5.07. The molecule has 3 aromatic heterocycles. The molecule has 0 spiro atoms. The number of aromatic nitrogens is 2. The summed E-state index contributed by atoms with van der Waals surface area (Å²) in [5.74, 6) is 0.912. The number of nitrogens with zero attached hydrogens (tertiary/aromatic N) is 2. The Balaban J connectivity index is 1.69. The van der Waals surface area contributed by atoms with Crippen LogP contribution in [0.5, 0.6) is 0 Å². The predicted molar refractivity (Wildman–Crippen MR) is 83.6 cm³/mol. The average molecular weight is 377 g/mol. The second kappa shape index (κ2) is 6.54. The first kappa shape index (κ1) is 16.4. The molecule has 0 unspecified atom stereocenters. The molecule has 3 aromatic rings. The number of oxazole rings is 1. The minimum Gasteiger partial charge on any atom is -0.444 e. The molecule has 0 N–H and O–H groups in total. The monoisotopic (exact) mass is 376 g/mol. The Morgan fingerprint density at radius 3 is 2.83 bits per heavy atom. The molecule has 0 saturated heterocycles.